The maximum atomic E-state index is 12.5. The summed E-state index contributed by atoms with van der Waals surface area (Å²) in [5.41, 5.74) is 2.94. The number of amides is 2. The summed E-state index contributed by atoms with van der Waals surface area (Å²) in [7, 11) is 0. The van der Waals surface area contributed by atoms with Gasteiger partial charge in [0, 0.05) is 18.5 Å². The number of aliphatic hydroxyl groups excluding tert-OH is 1. The highest BCUT2D eigenvalue weighted by atomic mass is 16.5. The number of carbonyl (C=O) groups is 3. The summed E-state index contributed by atoms with van der Waals surface area (Å²) in [4.78, 5) is 35.0. The quantitative estimate of drug-likeness (QED) is 0.315. The molecule has 33 heavy (non-hydrogen) atoms. The number of rotatable bonds is 11. The number of ether oxygens (including phenoxy) is 1. The SMILES string of the molecule is Cc1c(C)c2c(c(C)c1O)CCC(C)(CCC(=O)NC(CCCCNC(=O)CO)C(=O)O)O2. The number of phenolic OH excluding ortho intramolecular Hbond substituents is 1. The van der Waals surface area contributed by atoms with Crippen LogP contribution < -0.4 is 15.4 Å². The van der Waals surface area contributed by atoms with E-state index in [4.69, 9.17) is 9.84 Å². The fourth-order valence-corrected chi connectivity index (χ4v) is 4.13. The van der Waals surface area contributed by atoms with Gasteiger partial charge in [-0.15, -0.1) is 0 Å². The van der Waals surface area contributed by atoms with E-state index in [1.165, 1.54) is 0 Å². The van der Waals surface area contributed by atoms with Crippen LogP contribution in [0.15, 0.2) is 0 Å². The van der Waals surface area contributed by atoms with Crippen molar-refractivity contribution in [1.29, 1.82) is 0 Å². The van der Waals surface area contributed by atoms with E-state index in [2.05, 4.69) is 10.6 Å². The van der Waals surface area contributed by atoms with Crippen molar-refractivity contribution in [3.05, 3.63) is 22.3 Å². The number of aromatic hydroxyl groups is 1. The number of fused-ring (bicyclic) bond motifs is 1. The van der Waals surface area contributed by atoms with E-state index in [1.807, 2.05) is 27.7 Å². The Balaban J connectivity index is 1.89. The van der Waals surface area contributed by atoms with E-state index in [9.17, 15) is 24.6 Å². The smallest absolute Gasteiger partial charge is 0.326 e. The van der Waals surface area contributed by atoms with Gasteiger partial charge in [-0.25, -0.2) is 4.79 Å². The molecule has 1 aliphatic heterocycles. The van der Waals surface area contributed by atoms with Crippen molar-refractivity contribution in [3.63, 3.8) is 0 Å². The molecule has 9 nitrogen and oxygen atoms in total. The first-order chi connectivity index (χ1) is 15.5. The topological polar surface area (TPSA) is 145 Å². The van der Waals surface area contributed by atoms with Gasteiger partial charge in [-0.1, -0.05) is 0 Å². The van der Waals surface area contributed by atoms with Crippen LogP contribution in [-0.2, 0) is 20.8 Å². The highest BCUT2D eigenvalue weighted by molar-refractivity contribution is 5.83. The zero-order valence-corrected chi connectivity index (χ0v) is 19.9. The van der Waals surface area contributed by atoms with Gasteiger partial charge in [0.2, 0.25) is 11.8 Å². The van der Waals surface area contributed by atoms with Crippen molar-refractivity contribution in [1.82, 2.24) is 10.6 Å². The molecule has 0 radical (unpaired) electrons. The lowest BCUT2D eigenvalue weighted by Crippen LogP contribution is -2.43. The summed E-state index contributed by atoms with van der Waals surface area (Å²) >= 11 is 0. The van der Waals surface area contributed by atoms with Crippen LogP contribution in [0.25, 0.3) is 0 Å². The molecule has 2 atom stereocenters. The second-order valence-electron chi connectivity index (χ2n) is 9.05. The van der Waals surface area contributed by atoms with E-state index >= 15 is 0 Å². The minimum Gasteiger partial charge on any atom is -0.507 e. The third-order valence-electron chi connectivity index (χ3n) is 6.49. The molecule has 1 aromatic carbocycles. The highest BCUT2D eigenvalue weighted by Crippen LogP contribution is 2.44. The monoisotopic (exact) mass is 464 g/mol. The number of carboxylic acid groups (broad SMARTS) is 1. The predicted molar refractivity (Wildman–Crippen MR) is 122 cm³/mol. The highest BCUT2D eigenvalue weighted by Gasteiger charge is 2.35. The van der Waals surface area contributed by atoms with Crippen LogP contribution in [0.4, 0.5) is 0 Å². The number of carbonyl (C=O) groups excluding carboxylic acids is 2. The van der Waals surface area contributed by atoms with E-state index < -0.39 is 30.1 Å². The Kier molecular flexibility index (Phi) is 9.10. The second-order valence-corrected chi connectivity index (χ2v) is 9.05. The van der Waals surface area contributed by atoms with Gasteiger partial charge in [-0.2, -0.15) is 0 Å². The summed E-state index contributed by atoms with van der Waals surface area (Å²) < 4.78 is 6.33. The number of hydrogen-bond donors (Lipinski definition) is 5. The minimum absolute atomic E-state index is 0.136. The van der Waals surface area contributed by atoms with Crippen LogP contribution in [0.5, 0.6) is 11.5 Å². The first-order valence-electron chi connectivity index (χ1n) is 11.4. The molecule has 2 rings (SSSR count). The minimum atomic E-state index is -1.10. The molecule has 1 heterocycles. The van der Waals surface area contributed by atoms with Crippen LogP contribution in [0.2, 0.25) is 0 Å². The van der Waals surface area contributed by atoms with Crippen LogP contribution >= 0.6 is 0 Å². The fraction of sp³-hybridized carbons (Fsp3) is 0.625. The molecule has 0 saturated heterocycles. The average Bonchev–Trinajstić information content (AvgIpc) is 2.78. The van der Waals surface area contributed by atoms with Gasteiger partial charge in [-0.3, -0.25) is 9.59 Å². The van der Waals surface area contributed by atoms with E-state index in [1.54, 1.807) is 0 Å². The Bertz CT molecular complexity index is 900. The molecule has 2 unspecified atom stereocenters. The molecule has 1 aromatic rings. The molecule has 0 aliphatic carbocycles. The third-order valence-corrected chi connectivity index (χ3v) is 6.49. The van der Waals surface area contributed by atoms with E-state index in [-0.39, 0.29) is 18.7 Å². The number of unbranched alkanes of at least 4 members (excludes halogenated alkanes) is 1. The molecule has 0 aromatic heterocycles. The lowest BCUT2D eigenvalue weighted by atomic mass is 9.85. The number of aliphatic carboxylic acids is 1. The Morgan fingerprint density at radius 1 is 1.09 bits per heavy atom. The van der Waals surface area contributed by atoms with Gasteiger partial charge in [-0.05, 0) is 82.9 Å². The normalized spacial score (nSPS) is 18.1. The van der Waals surface area contributed by atoms with E-state index in [0.29, 0.717) is 38.0 Å². The molecular weight excluding hydrogens is 428 g/mol. The van der Waals surface area contributed by atoms with Gasteiger partial charge >= 0.3 is 5.97 Å². The molecule has 9 heteroatoms. The van der Waals surface area contributed by atoms with E-state index in [0.717, 1.165) is 34.4 Å². The van der Waals surface area contributed by atoms with Crippen LogP contribution in [0.3, 0.4) is 0 Å². The standard InChI is InChI=1S/C24H36N2O7/c1-14-15(2)22-17(16(3)21(14)30)8-10-24(4,33-22)11-9-19(28)26-18(23(31)32)7-5-6-12-25-20(29)13-27/h18,27,30H,5-13H2,1-4H3,(H,25,29)(H,26,28)(H,31,32). The molecule has 2 amide bonds. The van der Waals surface area contributed by atoms with Gasteiger partial charge in [0.05, 0.1) is 0 Å². The second kappa shape index (κ2) is 11.4. The summed E-state index contributed by atoms with van der Waals surface area (Å²) in [5, 5.41) is 33.5. The zero-order valence-electron chi connectivity index (χ0n) is 19.9. The predicted octanol–water partition coefficient (Wildman–Crippen LogP) is 2.03. The van der Waals surface area contributed by atoms with Crippen LogP contribution in [-0.4, -0.2) is 57.9 Å². The number of hydrogen-bond acceptors (Lipinski definition) is 6. The number of carboxylic acids is 1. The number of nitrogens with one attached hydrogen (secondary N) is 2. The Morgan fingerprint density at radius 3 is 2.42 bits per heavy atom. The molecule has 0 saturated carbocycles. The largest absolute Gasteiger partial charge is 0.507 e. The lowest BCUT2D eigenvalue weighted by Gasteiger charge is -2.38. The molecule has 5 N–H and O–H groups in total. The number of benzene rings is 1. The summed E-state index contributed by atoms with van der Waals surface area (Å²) in [6.45, 7) is 7.37. The van der Waals surface area contributed by atoms with Crippen molar-refractivity contribution < 1.29 is 34.4 Å². The molecule has 1 aliphatic rings. The molecule has 184 valence electrons. The summed E-state index contributed by atoms with van der Waals surface area (Å²) in [6, 6.07) is -0.998. The first kappa shape index (κ1) is 26.4. The first-order valence-corrected chi connectivity index (χ1v) is 11.4. The molecule has 0 bridgehead atoms. The van der Waals surface area contributed by atoms with Crippen molar-refractivity contribution in [3.8, 4) is 11.5 Å². The van der Waals surface area contributed by atoms with Gasteiger partial charge in [0.1, 0.15) is 29.7 Å². The third kappa shape index (κ3) is 6.83. The Labute approximate surface area is 194 Å². The Hall–Kier alpha value is -2.81. The van der Waals surface area contributed by atoms with Gasteiger partial charge < -0.3 is 30.7 Å². The maximum Gasteiger partial charge on any atom is 0.326 e. The number of aliphatic hydroxyl groups is 1. The molecule has 0 spiro atoms. The fourth-order valence-electron chi connectivity index (χ4n) is 4.13. The number of phenols is 1. The maximum absolute atomic E-state index is 12.5. The van der Waals surface area contributed by atoms with Crippen molar-refractivity contribution >= 4 is 17.8 Å². The zero-order chi connectivity index (χ0) is 24.8. The lowest BCUT2D eigenvalue weighted by molar-refractivity contribution is -0.142. The van der Waals surface area contributed by atoms with Crippen molar-refractivity contribution in [2.75, 3.05) is 13.2 Å². The molecular formula is C24H36N2O7. The molecule has 0 fully saturated rings. The van der Waals surface area contributed by atoms with Crippen molar-refractivity contribution in [2.45, 2.75) is 84.3 Å². The summed E-state index contributed by atoms with van der Waals surface area (Å²) in [6.07, 6.45) is 3.30. The van der Waals surface area contributed by atoms with Gasteiger partial charge in [0.15, 0.2) is 0 Å². The van der Waals surface area contributed by atoms with Crippen LogP contribution in [0, 0.1) is 20.8 Å². The summed E-state index contributed by atoms with van der Waals surface area (Å²) in [5.74, 6) is -0.849. The van der Waals surface area contributed by atoms with Crippen LogP contribution in [0.1, 0.15) is 67.7 Å². The van der Waals surface area contributed by atoms with Crippen molar-refractivity contribution in [2.24, 2.45) is 0 Å². The Morgan fingerprint density at radius 2 is 1.79 bits per heavy atom. The van der Waals surface area contributed by atoms with Gasteiger partial charge in [0.25, 0.3) is 0 Å². The average molecular weight is 465 g/mol.